The summed E-state index contributed by atoms with van der Waals surface area (Å²) in [4.78, 5) is 17.5. The van der Waals surface area contributed by atoms with Crippen LogP contribution in [0.15, 0.2) is 12.1 Å². The summed E-state index contributed by atoms with van der Waals surface area (Å²) in [7, 11) is 0. The van der Waals surface area contributed by atoms with Gasteiger partial charge < -0.3 is 15.5 Å². The Morgan fingerprint density at radius 3 is 2.95 bits per heavy atom. The molecule has 1 atom stereocenters. The van der Waals surface area contributed by atoms with Gasteiger partial charge in [0.1, 0.15) is 5.82 Å². The molecule has 0 aromatic carbocycles. The molecule has 1 saturated heterocycles. The number of rotatable bonds is 6. The summed E-state index contributed by atoms with van der Waals surface area (Å²) in [6, 6.07) is 3.36. The zero-order valence-electron chi connectivity index (χ0n) is 12.6. The second kappa shape index (κ2) is 7.21. The fourth-order valence-corrected chi connectivity index (χ4v) is 2.64. The first-order chi connectivity index (χ1) is 10.1. The van der Waals surface area contributed by atoms with Crippen LogP contribution in [0.25, 0.3) is 0 Å². The molecule has 7 nitrogen and oxygen atoms in total. The Labute approximate surface area is 124 Å². The number of pyridine rings is 1. The second-order valence-corrected chi connectivity index (χ2v) is 5.23. The minimum Gasteiger partial charge on any atom is -0.370 e. The van der Waals surface area contributed by atoms with E-state index in [0.29, 0.717) is 11.6 Å². The molecule has 1 aromatic rings. The van der Waals surface area contributed by atoms with Crippen molar-refractivity contribution in [1.29, 1.82) is 0 Å². The van der Waals surface area contributed by atoms with E-state index in [1.165, 1.54) is 6.07 Å². The first-order valence-electron chi connectivity index (χ1n) is 7.52. The van der Waals surface area contributed by atoms with Crippen LogP contribution < -0.4 is 10.6 Å². The Morgan fingerprint density at radius 2 is 2.29 bits per heavy atom. The van der Waals surface area contributed by atoms with Gasteiger partial charge in [0.2, 0.25) is 5.82 Å². The van der Waals surface area contributed by atoms with Gasteiger partial charge in [-0.15, -0.1) is 0 Å². The normalized spacial score (nSPS) is 19.2. The van der Waals surface area contributed by atoms with Gasteiger partial charge in [-0.1, -0.05) is 6.92 Å². The SMILES string of the molecule is CCNc1ccc([N+](=O)[O-])c(NC2CCCN(CC)C2)n1. The van der Waals surface area contributed by atoms with E-state index in [0.717, 1.165) is 39.0 Å². The predicted octanol–water partition coefficient (Wildman–Crippen LogP) is 2.32. The second-order valence-electron chi connectivity index (χ2n) is 5.23. The molecule has 0 bridgehead atoms. The summed E-state index contributed by atoms with van der Waals surface area (Å²) >= 11 is 0. The van der Waals surface area contributed by atoms with Crippen LogP contribution in [-0.2, 0) is 0 Å². The van der Waals surface area contributed by atoms with E-state index in [-0.39, 0.29) is 16.7 Å². The number of nitrogens with one attached hydrogen (secondary N) is 2. The molecule has 1 aromatic heterocycles. The standard InChI is InChI=1S/C14H23N5O2/c1-3-15-13-8-7-12(19(20)21)14(17-13)16-11-6-5-9-18(4-2)10-11/h7-8,11H,3-6,9-10H2,1-2H3,(H2,15,16,17). The Hall–Kier alpha value is -1.89. The fraction of sp³-hybridized carbons (Fsp3) is 0.643. The molecule has 116 valence electrons. The van der Waals surface area contributed by atoms with Gasteiger partial charge in [0.25, 0.3) is 0 Å². The minimum absolute atomic E-state index is 0.0327. The van der Waals surface area contributed by atoms with Gasteiger partial charge in [-0.25, -0.2) is 4.98 Å². The molecule has 1 unspecified atom stereocenters. The van der Waals surface area contributed by atoms with Crippen molar-refractivity contribution in [2.24, 2.45) is 0 Å². The number of likely N-dealkylation sites (N-methyl/N-ethyl adjacent to an activating group) is 1. The van der Waals surface area contributed by atoms with Gasteiger partial charge >= 0.3 is 5.69 Å². The van der Waals surface area contributed by atoms with Crippen molar-refractivity contribution in [3.8, 4) is 0 Å². The Morgan fingerprint density at radius 1 is 1.48 bits per heavy atom. The lowest BCUT2D eigenvalue weighted by Gasteiger charge is -2.32. The van der Waals surface area contributed by atoms with Gasteiger partial charge in [-0.3, -0.25) is 10.1 Å². The van der Waals surface area contributed by atoms with Crippen molar-refractivity contribution in [3.05, 3.63) is 22.2 Å². The molecular weight excluding hydrogens is 270 g/mol. The van der Waals surface area contributed by atoms with Crippen LogP contribution in [0.3, 0.4) is 0 Å². The van der Waals surface area contributed by atoms with Gasteiger partial charge in [0, 0.05) is 25.2 Å². The van der Waals surface area contributed by atoms with E-state index < -0.39 is 0 Å². The van der Waals surface area contributed by atoms with E-state index in [9.17, 15) is 10.1 Å². The van der Waals surface area contributed by atoms with Crippen molar-refractivity contribution in [1.82, 2.24) is 9.88 Å². The number of hydrogen-bond acceptors (Lipinski definition) is 6. The van der Waals surface area contributed by atoms with E-state index in [2.05, 4.69) is 27.4 Å². The molecule has 2 rings (SSSR count). The number of piperidine rings is 1. The largest absolute Gasteiger partial charge is 0.370 e. The Balaban J connectivity index is 2.16. The molecule has 1 fully saturated rings. The third kappa shape index (κ3) is 4.04. The van der Waals surface area contributed by atoms with Crippen LogP contribution in [0.1, 0.15) is 26.7 Å². The van der Waals surface area contributed by atoms with Gasteiger partial charge in [0.15, 0.2) is 0 Å². The highest BCUT2D eigenvalue weighted by Crippen LogP contribution is 2.26. The van der Waals surface area contributed by atoms with Gasteiger partial charge in [0.05, 0.1) is 4.92 Å². The molecule has 21 heavy (non-hydrogen) atoms. The van der Waals surface area contributed by atoms with Gasteiger partial charge in [-0.2, -0.15) is 0 Å². The minimum atomic E-state index is -0.383. The molecule has 0 spiro atoms. The van der Waals surface area contributed by atoms with Crippen molar-refractivity contribution >= 4 is 17.3 Å². The van der Waals surface area contributed by atoms with E-state index in [1.54, 1.807) is 6.07 Å². The maximum atomic E-state index is 11.1. The predicted molar refractivity (Wildman–Crippen MR) is 83.8 cm³/mol. The maximum absolute atomic E-state index is 11.1. The average molecular weight is 293 g/mol. The Kier molecular flexibility index (Phi) is 5.32. The molecule has 0 amide bonds. The van der Waals surface area contributed by atoms with Crippen LogP contribution in [0.5, 0.6) is 0 Å². The lowest BCUT2D eigenvalue weighted by molar-refractivity contribution is -0.384. The highest BCUT2D eigenvalue weighted by Gasteiger charge is 2.23. The highest BCUT2D eigenvalue weighted by atomic mass is 16.6. The van der Waals surface area contributed by atoms with Crippen LogP contribution in [0.4, 0.5) is 17.3 Å². The van der Waals surface area contributed by atoms with E-state index in [4.69, 9.17) is 0 Å². The summed E-state index contributed by atoms with van der Waals surface area (Å²) in [5.74, 6) is 1.02. The van der Waals surface area contributed by atoms with E-state index >= 15 is 0 Å². The molecular formula is C14H23N5O2. The lowest BCUT2D eigenvalue weighted by Crippen LogP contribution is -2.42. The molecule has 7 heteroatoms. The van der Waals surface area contributed by atoms with Crippen LogP contribution in [0.2, 0.25) is 0 Å². The highest BCUT2D eigenvalue weighted by molar-refractivity contribution is 5.60. The molecule has 0 saturated carbocycles. The zero-order chi connectivity index (χ0) is 15.2. The molecule has 1 aliphatic rings. The molecule has 2 N–H and O–H groups in total. The molecule has 2 heterocycles. The molecule has 0 radical (unpaired) electrons. The quantitative estimate of drug-likeness (QED) is 0.618. The average Bonchev–Trinajstić information content (AvgIpc) is 2.48. The van der Waals surface area contributed by atoms with Crippen molar-refractivity contribution in [3.63, 3.8) is 0 Å². The first-order valence-corrected chi connectivity index (χ1v) is 7.52. The van der Waals surface area contributed by atoms with Crippen LogP contribution in [-0.4, -0.2) is 47.0 Å². The maximum Gasteiger partial charge on any atom is 0.311 e. The number of aromatic nitrogens is 1. The van der Waals surface area contributed by atoms with Gasteiger partial charge in [-0.05, 0) is 38.9 Å². The first kappa shape index (κ1) is 15.5. The number of nitro groups is 1. The number of nitrogens with zero attached hydrogens (tertiary/aromatic N) is 3. The molecule has 1 aliphatic heterocycles. The summed E-state index contributed by atoms with van der Waals surface area (Å²) < 4.78 is 0. The number of likely N-dealkylation sites (tertiary alicyclic amines) is 1. The molecule has 0 aliphatic carbocycles. The van der Waals surface area contributed by atoms with Crippen molar-refractivity contribution in [2.45, 2.75) is 32.7 Å². The third-order valence-corrected chi connectivity index (χ3v) is 3.72. The Bertz CT molecular complexity index is 494. The number of hydrogen-bond donors (Lipinski definition) is 2. The van der Waals surface area contributed by atoms with E-state index in [1.807, 2.05) is 6.92 Å². The van der Waals surface area contributed by atoms with Crippen molar-refractivity contribution < 1.29 is 4.92 Å². The smallest absolute Gasteiger partial charge is 0.311 e. The lowest BCUT2D eigenvalue weighted by atomic mass is 10.1. The third-order valence-electron chi connectivity index (χ3n) is 3.72. The topological polar surface area (TPSA) is 83.3 Å². The van der Waals surface area contributed by atoms with Crippen LogP contribution >= 0.6 is 0 Å². The fourth-order valence-electron chi connectivity index (χ4n) is 2.64. The van der Waals surface area contributed by atoms with Crippen LogP contribution in [0, 0.1) is 10.1 Å². The summed E-state index contributed by atoms with van der Waals surface area (Å²) in [6.45, 7) is 7.84. The summed E-state index contributed by atoms with van der Waals surface area (Å²) in [5, 5.41) is 17.5. The van der Waals surface area contributed by atoms with Crippen molar-refractivity contribution in [2.75, 3.05) is 36.8 Å². The monoisotopic (exact) mass is 293 g/mol. The summed E-state index contributed by atoms with van der Waals surface area (Å²) in [6.07, 6.45) is 2.12. The number of anilines is 2. The zero-order valence-corrected chi connectivity index (χ0v) is 12.6. The summed E-state index contributed by atoms with van der Waals surface area (Å²) in [5.41, 5.74) is 0.0327.